The summed E-state index contributed by atoms with van der Waals surface area (Å²) in [5, 5.41) is 2.77. The molecule has 8 nitrogen and oxygen atoms in total. The van der Waals surface area contributed by atoms with Crippen molar-refractivity contribution in [3.63, 3.8) is 0 Å². The number of nitrogens with zero attached hydrogens (tertiary/aromatic N) is 4. The van der Waals surface area contributed by atoms with E-state index in [4.69, 9.17) is 10.5 Å². The number of anilines is 2. The Balaban J connectivity index is 1.43. The van der Waals surface area contributed by atoms with Crippen molar-refractivity contribution in [2.75, 3.05) is 56.2 Å². The molecule has 2 saturated heterocycles. The molecular weight excluding hydrogens is 518 g/mol. The number of alkyl halides is 5. The van der Waals surface area contributed by atoms with Crippen LogP contribution in [0.2, 0.25) is 0 Å². The molecule has 2 fully saturated rings. The molecule has 0 aliphatic carbocycles. The van der Waals surface area contributed by atoms with Crippen molar-refractivity contribution in [2.45, 2.75) is 31.0 Å². The number of likely N-dealkylation sites (tertiary alicyclic amines) is 1. The summed E-state index contributed by atoms with van der Waals surface area (Å²) >= 11 is 0. The SMILES string of the molecule is NC(=O)CN1CC[C@H](CCNc2ncnc(N3CCOC[C@@H]3c3ccc(C(F)(F)F)cc3)c2F)C(F)(F)C1. The van der Waals surface area contributed by atoms with Crippen molar-refractivity contribution in [1.29, 1.82) is 0 Å². The van der Waals surface area contributed by atoms with E-state index >= 15 is 4.39 Å². The first-order chi connectivity index (χ1) is 18.0. The molecule has 0 bridgehead atoms. The number of rotatable bonds is 8. The predicted molar refractivity (Wildman–Crippen MR) is 126 cm³/mol. The number of nitrogens with one attached hydrogen (secondary N) is 1. The summed E-state index contributed by atoms with van der Waals surface area (Å²) in [6.45, 7) is 0.120. The molecule has 2 aliphatic heterocycles. The zero-order valence-electron chi connectivity index (χ0n) is 20.4. The minimum atomic E-state index is -4.48. The molecule has 0 spiro atoms. The number of primary amides is 1. The highest BCUT2D eigenvalue weighted by molar-refractivity contribution is 5.75. The van der Waals surface area contributed by atoms with Gasteiger partial charge in [-0.05, 0) is 37.1 Å². The molecule has 2 atom stereocenters. The smallest absolute Gasteiger partial charge is 0.377 e. The molecule has 4 rings (SSSR count). The molecule has 3 heterocycles. The van der Waals surface area contributed by atoms with E-state index in [2.05, 4.69) is 15.3 Å². The van der Waals surface area contributed by atoms with Crippen molar-refractivity contribution in [3.05, 3.63) is 47.5 Å². The first-order valence-electron chi connectivity index (χ1n) is 12.1. The van der Waals surface area contributed by atoms with Crippen LogP contribution in [-0.4, -0.2) is 72.6 Å². The molecule has 0 radical (unpaired) electrons. The highest BCUT2D eigenvalue weighted by atomic mass is 19.4. The first-order valence-corrected chi connectivity index (χ1v) is 12.1. The zero-order chi connectivity index (χ0) is 27.5. The second-order valence-corrected chi connectivity index (χ2v) is 9.40. The Bertz CT molecular complexity index is 1120. The van der Waals surface area contributed by atoms with Crippen molar-refractivity contribution in [2.24, 2.45) is 11.7 Å². The number of nitrogens with two attached hydrogens (primary N) is 1. The highest BCUT2D eigenvalue weighted by Gasteiger charge is 2.44. The zero-order valence-corrected chi connectivity index (χ0v) is 20.4. The molecule has 0 unspecified atom stereocenters. The number of benzene rings is 1. The standard InChI is InChI=1S/C24H28F6N6O2/c25-20-21(32-7-5-16-6-8-35(11-19(31)37)13-23(16,26)27)33-14-34-22(20)36-9-10-38-12-18(36)15-1-3-17(4-2-15)24(28,29)30/h1-4,14,16,18H,5-13H2,(H2,31,37)(H,32,33,34)/t16-,18+/m0/s1. The summed E-state index contributed by atoms with van der Waals surface area (Å²) in [6, 6.07) is 3.97. The van der Waals surface area contributed by atoms with Crippen molar-refractivity contribution in [3.8, 4) is 0 Å². The lowest BCUT2D eigenvalue weighted by Crippen LogP contribution is -2.51. The normalized spacial score (nSPS) is 22.3. The Hall–Kier alpha value is -3.13. The number of hydrogen-bond acceptors (Lipinski definition) is 7. The fourth-order valence-corrected chi connectivity index (χ4v) is 4.84. The molecule has 208 valence electrons. The van der Waals surface area contributed by atoms with Gasteiger partial charge in [-0.2, -0.15) is 17.6 Å². The molecule has 3 N–H and O–H groups in total. The monoisotopic (exact) mass is 546 g/mol. The van der Waals surface area contributed by atoms with Gasteiger partial charge >= 0.3 is 6.18 Å². The Morgan fingerprint density at radius 1 is 1.18 bits per heavy atom. The summed E-state index contributed by atoms with van der Waals surface area (Å²) in [5.74, 6) is -5.70. The third kappa shape index (κ3) is 6.46. The van der Waals surface area contributed by atoms with E-state index in [0.717, 1.165) is 18.5 Å². The number of aromatic nitrogens is 2. The van der Waals surface area contributed by atoms with Crippen LogP contribution in [0.25, 0.3) is 0 Å². The summed E-state index contributed by atoms with van der Waals surface area (Å²) in [4.78, 5) is 21.9. The maximum Gasteiger partial charge on any atom is 0.416 e. The molecule has 38 heavy (non-hydrogen) atoms. The van der Waals surface area contributed by atoms with Gasteiger partial charge in [-0.1, -0.05) is 12.1 Å². The van der Waals surface area contributed by atoms with Crippen LogP contribution in [0.3, 0.4) is 0 Å². The Labute approximate surface area is 215 Å². The van der Waals surface area contributed by atoms with Gasteiger partial charge in [0.15, 0.2) is 11.6 Å². The van der Waals surface area contributed by atoms with Crippen LogP contribution in [-0.2, 0) is 15.7 Å². The van der Waals surface area contributed by atoms with Crippen LogP contribution in [0, 0.1) is 11.7 Å². The van der Waals surface area contributed by atoms with E-state index in [1.807, 2.05) is 0 Å². The van der Waals surface area contributed by atoms with Crippen LogP contribution in [0.15, 0.2) is 30.6 Å². The Morgan fingerprint density at radius 3 is 2.58 bits per heavy atom. The number of halogens is 6. The Kier molecular flexibility index (Phi) is 8.31. The molecule has 1 amide bonds. The highest BCUT2D eigenvalue weighted by Crippen LogP contribution is 2.36. The van der Waals surface area contributed by atoms with E-state index in [-0.39, 0.29) is 57.3 Å². The molecule has 1 aromatic heterocycles. The van der Waals surface area contributed by atoms with E-state index in [0.29, 0.717) is 12.1 Å². The van der Waals surface area contributed by atoms with Crippen molar-refractivity contribution >= 4 is 17.5 Å². The summed E-state index contributed by atoms with van der Waals surface area (Å²) < 4.78 is 88.9. The molecule has 1 aromatic carbocycles. The summed E-state index contributed by atoms with van der Waals surface area (Å²) in [5.41, 5.74) is 4.80. The molecule has 2 aliphatic rings. The fourth-order valence-electron chi connectivity index (χ4n) is 4.84. The molecule has 2 aromatic rings. The van der Waals surface area contributed by atoms with E-state index < -0.39 is 47.9 Å². The maximum atomic E-state index is 15.4. The first kappa shape index (κ1) is 27.9. The number of piperidine rings is 1. The van der Waals surface area contributed by atoms with Gasteiger partial charge in [0.2, 0.25) is 11.7 Å². The molecule has 14 heteroatoms. The molecule has 0 saturated carbocycles. The Morgan fingerprint density at radius 2 is 1.92 bits per heavy atom. The summed E-state index contributed by atoms with van der Waals surface area (Å²) in [6.07, 6.45) is -3.15. The maximum absolute atomic E-state index is 15.4. The lowest BCUT2D eigenvalue weighted by Gasteiger charge is -2.38. The van der Waals surface area contributed by atoms with Crippen LogP contribution >= 0.6 is 0 Å². The number of carbonyl (C=O) groups excluding carboxylic acids is 1. The number of morpholine rings is 1. The largest absolute Gasteiger partial charge is 0.416 e. The third-order valence-electron chi connectivity index (χ3n) is 6.78. The van der Waals surface area contributed by atoms with E-state index in [9.17, 15) is 26.7 Å². The van der Waals surface area contributed by atoms with Crippen LogP contribution in [0.1, 0.15) is 30.0 Å². The third-order valence-corrected chi connectivity index (χ3v) is 6.78. The average molecular weight is 547 g/mol. The van der Waals surface area contributed by atoms with Gasteiger partial charge in [-0.3, -0.25) is 9.69 Å². The number of carbonyl (C=O) groups is 1. The minimum Gasteiger partial charge on any atom is -0.377 e. The number of amides is 1. The second kappa shape index (κ2) is 11.3. The van der Waals surface area contributed by atoms with Crippen LogP contribution < -0.4 is 16.0 Å². The van der Waals surface area contributed by atoms with Gasteiger partial charge in [0.05, 0.1) is 37.9 Å². The van der Waals surface area contributed by atoms with Gasteiger partial charge in [-0.15, -0.1) is 0 Å². The van der Waals surface area contributed by atoms with Gasteiger partial charge in [0.1, 0.15) is 6.33 Å². The van der Waals surface area contributed by atoms with Crippen molar-refractivity contribution < 1.29 is 35.9 Å². The predicted octanol–water partition coefficient (Wildman–Crippen LogP) is 3.46. The number of hydrogen-bond donors (Lipinski definition) is 2. The van der Waals surface area contributed by atoms with Gasteiger partial charge in [-0.25, -0.2) is 18.7 Å². The van der Waals surface area contributed by atoms with Gasteiger partial charge < -0.3 is 20.7 Å². The second-order valence-electron chi connectivity index (χ2n) is 9.40. The minimum absolute atomic E-state index is 0.0227. The van der Waals surface area contributed by atoms with E-state index in [1.165, 1.54) is 17.0 Å². The van der Waals surface area contributed by atoms with Crippen LogP contribution in [0.5, 0.6) is 0 Å². The lowest BCUT2D eigenvalue weighted by molar-refractivity contribution is -0.137. The van der Waals surface area contributed by atoms with Crippen LogP contribution in [0.4, 0.5) is 38.0 Å². The van der Waals surface area contributed by atoms with Crippen molar-refractivity contribution in [1.82, 2.24) is 14.9 Å². The quantitative estimate of drug-likeness (QED) is 0.490. The lowest BCUT2D eigenvalue weighted by atomic mass is 9.89. The summed E-state index contributed by atoms with van der Waals surface area (Å²) in [7, 11) is 0. The average Bonchev–Trinajstić information content (AvgIpc) is 2.85. The number of ether oxygens (including phenoxy) is 1. The topological polar surface area (TPSA) is 96.6 Å². The molecular formula is C24H28F6N6O2. The fraction of sp³-hybridized carbons (Fsp3) is 0.542. The van der Waals surface area contributed by atoms with E-state index in [1.54, 1.807) is 4.90 Å². The van der Waals surface area contributed by atoms with Gasteiger partial charge in [0, 0.05) is 19.0 Å². The van der Waals surface area contributed by atoms with Gasteiger partial charge in [0.25, 0.3) is 5.92 Å².